The molecule has 4 nitrogen and oxygen atoms in total. The van der Waals surface area contributed by atoms with Crippen LogP contribution < -0.4 is 5.32 Å². The highest BCUT2D eigenvalue weighted by molar-refractivity contribution is 5.36. The van der Waals surface area contributed by atoms with E-state index in [0.29, 0.717) is 12.0 Å². The second-order valence-electron chi connectivity index (χ2n) is 4.68. The molecule has 0 fully saturated rings. The normalized spacial score (nSPS) is 13.4. The zero-order valence-electron chi connectivity index (χ0n) is 10.7. The second kappa shape index (κ2) is 5.27. The monoisotopic (exact) mass is 232 g/mol. The van der Waals surface area contributed by atoms with Crippen molar-refractivity contribution in [1.29, 1.82) is 0 Å². The summed E-state index contributed by atoms with van der Waals surface area (Å²) in [4.78, 5) is 0. The smallest absolute Gasteiger partial charge is 0.160 e. The van der Waals surface area contributed by atoms with E-state index in [-0.39, 0.29) is 0 Å². The van der Waals surface area contributed by atoms with E-state index in [0.717, 1.165) is 24.4 Å². The van der Waals surface area contributed by atoms with E-state index in [1.807, 2.05) is 28.8 Å². The van der Waals surface area contributed by atoms with Crippen LogP contribution in [0.25, 0.3) is 5.65 Å². The van der Waals surface area contributed by atoms with Crippen LogP contribution in [0.1, 0.15) is 33.0 Å². The van der Waals surface area contributed by atoms with E-state index >= 15 is 0 Å². The van der Waals surface area contributed by atoms with Crippen molar-refractivity contribution in [2.45, 2.75) is 39.8 Å². The average molecular weight is 232 g/mol. The van der Waals surface area contributed by atoms with Gasteiger partial charge in [-0.05, 0) is 24.5 Å². The first-order chi connectivity index (χ1) is 8.22. The molecule has 0 bridgehead atoms. The molecular formula is C13H20N4. The van der Waals surface area contributed by atoms with Gasteiger partial charge in [0.2, 0.25) is 0 Å². The van der Waals surface area contributed by atoms with E-state index < -0.39 is 0 Å². The topological polar surface area (TPSA) is 42.2 Å². The van der Waals surface area contributed by atoms with Crippen molar-refractivity contribution >= 4 is 5.65 Å². The van der Waals surface area contributed by atoms with Crippen LogP contribution >= 0.6 is 0 Å². The molecule has 2 heterocycles. The molecule has 0 aromatic carbocycles. The van der Waals surface area contributed by atoms with E-state index in [1.54, 1.807) is 0 Å². The van der Waals surface area contributed by atoms with Gasteiger partial charge in [-0.15, -0.1) is 10.2 Å². The van der Waals surface area contributed by atoms with Crippen LogP contribution in [0, 0.1) is 5.92 Å². The van der Waals surface area contributed by atoms with Gasteiger partial charge in [0, 0.05) is 12.2 Å². The summed E-state index contributed by atoms with van der Waals surface area (Å²) in [5.41, 5.74) is 0.905. The van der Waals surface area contributed by atoms with Crippen molar-refractivity contribution in [2.75, 3.05) is 0 Å². The highest BCUT2D eigenvalue weighted by atomic mass is 15.3. The number of pyridine rings is 1. The molecule has 0 aliphatic heterocycles. The molecule has 2 aromatic rings. The lowest BCUT2D eigenvalue weighted by Gasteiger charge is -2.20. The molecule has 4 heteroatoms. The van der Waals surface area contributed by atoms with Gasteiger partial charge in [-0.3, -0.25) is 4.40 Å². The van der Waals surface area contributed by atoms with Crippen LogP contribution in [0.5, 0.6) is 0 Å². The summed E-state index contributed by atoms with van der Waals surface area (Å²) < 4.78 is 2.03. The Morgan fingerprint density at radius 3 is 2.82 bits per heavy atom. The molecule has 0 saturated heterocycles. The lowest BCUT2D eigenvalue weighted by molar-refractivity contribution is 0.383. The number of nitrogens with one attached hydrogen (secondary N) is 1. The summed E-state index contributed by atoms with van der Waals surface area (Å²) in [6.45, 7) is 7.45. The van der Waals surface area contributed by atoms with E-state index in [4.69, 9.17) is 0 Å². The van der Waals surface area contributed by atoms with Gasteiger partial charge in [0.05, 0.1) is 6.54 Å². The fourth-order valence-electron chi connectivity index (χ4n) is 2.09. The van der Waals surface area contributed by atoms with Crippen LogP contribution in [-0.2, 0) is 6.54 Å². The maximum Gasteiger partial charge on any atom is 0.160 e. The number of hydrogen-bond donors (Lipinski definition) is 1. The lowest BCUT2D eigenvalue weighted by atomic mass is 10.0. The summed E-state index contributed by atoms with van der Waals surface area (Å²) in [6.07, 6.45) is 3.14. The van der Waals surface area contributed by atoms with Crippen molar-refractivity contribution < 1.29 is 0 Å². The molecule has 2 rings (SSSR count). The second-order valence-corrected chi connectivity index (χ2v) is 4.68. The largest absolute Gasteiger partial charge is 0.307 e. The van der Waals surface area contributed by atoms with Crippen molar-refractivity contribution in [3.05, 3.63) is 30.2 Å². The van der Waals surface area contributed by atoms with Crippen molar-refractivity contribution in [1.82, 2.24) is 19.9 Å². The first-order valence-electron chi connectivity index (χ1n) is 6.24. The third kappa shape index (κ3) is 2.64. The molecule has 0 aliphatic carbocycles. The third-order valence-electron chi connectivity index (χ3n) is 3.15. The van der Waals surface area contributed by atoms with Gasteiger partial charge in [0.1, 0.15) is 0 Å². The summed E-state index contributed by atoms with van der Waals surface area (Å²) >= 11 is 0. The van der Waals surface area contributed by atoms with Crippen LogP contribution in [0.4, 0.5) is 0 Å². The zero-order chi connectivity index (χ0) is 12.3. The molecule has 92 valence electrons. The SMILES string of the molecule is CC[C@@H](NCc1nnc2ccccn12)C(C)C. The highest BCUT2D eigenvalue weighted by Crippen LogP contribution is 2.07. The Hall–Kier alpha value is -1.42. The van der Waals surface area contributed by atoms with Crippen LogP contribution in [0.3, 0.4) is 0 Å². The van der Waals surface area contributed by atoms with Gasteiger partial charge in [-0.25, -0.2) is 0 Å². The zero-order valence-corrected chi connectivity index (χ0v) is 10.7. The summed E-state index contributed by atoms with van der Waals surface area (Å²) in [5.74, 6) is 1.61. The maximum atomic E-state index is 4.21. The Morgan fingerprint density at radius 1 is 1.29 bits per heavy atom. The molecule has 1 atom stereocenters. The average Bonchev–Trinajstić information content (AvgIpc) is 2.73. The van der Waals surface area contributed by atoms with E-state index in [1.165, 1.54) is 0 Å². The first kappa shape index (κ1) is 12.0. The number of aromatic nitrogens is 3. The van der Waals surface area contributed by atoms with Crippen LogP contribution in [0.2, 0.25) is 0 Å². The number of rotatable bonds is 5. The van der Waals surface area contributed by atoms with Crippen LogP contribution in [-0.4, -0.2) is 20.6 Å². The Bertz CT molecular complexity index is 475. The van der Waals surface area contributed by atoms with Crippen molar-refractivity contribution in [2.24, 2.45) is 5.92 Å². The molecule has 0 saturated carbocycles. The molecule has 2 aromatic heterocycles. The lowest BCUT2D eigenvalue weighted by Crippen LogP contribution is -2.33. The molecule has 17 heavy (non-hydrogen) atoms. The molecule has 0 radical (unpaired) electrons. The summed E-state index contributed by atoms with van der Waals surface area (Å²) in [5, 5.41) is 11.9. The number of nitrogens with zero attached hydrogens (tertiary/aromatic N) is 3. The van der Waals surface area contributed by atoms with Gasteiger partial charge in [0.15, 0.2) is 11.5 Å². The fourth-order valence-corrected chi connectivity index (χ4v) is 2.09. The van der Waals surface area contributed by atoms with E-state index in [9.17, 15) is 0 Å². The summed E-state index contributed by atoms with van der Waals surface area (Å²) in [6, 6.07) is 6.48. The number of fused-ring (bicyclic) bond motifs is 1. The number of hydrogen-bond acceptors (Lipinski definition) is 3. The highest BCUT2D eigenvalue weighted by Gasteiger charge is 2.11. The molecule has 0 spiro atoms. The summed E-state index contributed by atoms with van der Waals surface area (Å²) in [7, 11) is 0. The Kier molecular flexibility index (Phi) is 3.74. The van der Waals surface area contributed by atoms with Gasteiger partial charge in [-0.1, -0.05) is 26.8 Å². The minimum absolute atomic E-state index is 0.533. The van der Waals surface area contributed by atoms with Crippen LogP contribution in [0.15, 0.2) is 24.4 Å². The van der Waals surface area contributed by atoms with Gasteiger partial charge >= 0.3 is 0 Å². The molecule has 0 aliphatic rings. The van der Waals surface area contributed by atoms with E-state index in [2.05, 4.69) is 36.3 Å². The van der Waals surface area contributed by atoms with Crippen molar-refractivity contribution in [3.63, 3.8) is 0 Å². The van der Waals surface area contributed by atoms with Crippen molar-refractivity contribution in [3.8, 4) is 0 Å². The Labute approximate surface area is 102 Å². The molecular weight excluding hydrogens is 212 g/mol. The minimum Gasteiger partial charge on any atom is -0.307 e. The maximum absolute atomic E-state index is 4.21. The molecule has 1 N–H and O–H groups in total. The minimum atomic E-state index is 0.533. The standard InChI is InChI=1S/C13H20N4/c1-4-11(10(2)3)14-9-13-16-15-12-7-5-6-8-17(12)13/h5-8,10-11,14H,4,9H2,1-3H3/t11-/m1/s1. The molecule has 0 unspecified atom stereocenters. The predicted molar refractivity (Wildman–Crippen MR) is 68.7 cm³/mol. The third-order valence-corrected chi connectivity index (χ3v) is 3.15. The fraction of sp³-hybridized carbons (Fsp3) is 0.538. The first-order valence-corrected chi connectivity index (χ1v) is 6.24. The quantitative estimate of drug-likeness (QED) is 0.859. The van der Waals surface area contributed by atoms with Gasteiger partial charge in [-0.2, -0.15) is 0 Å². The van der Waals surface area contributed by atoms with Gasteiger partial charge in [0.25, 0.3) is 0 Å². The Balaban J connectivity index is 2.08. The van der Waals surface area contributed by atoms with Gasteiger partial charge < -0.3 is 5.32 Å². The Morgan fingerprint density at radius 2 is 2.12 bits per heavy atom. The molecule has 0 amide bonds. The predicted octanol–water partition coefficient (Wildman–Crippen LogP) is 2.25.